The van der Waals surface area contributed by atoms with E-state index in [4.69, 9.17) is 14.9 Å². The SMILES string of the molecule is CCCCCCCCC=CCCCCCCCCOc1ccccc1.OCCO. The Hall–Kier alpha value is -1.32. The molecule has 3 nitrogen and oxygen atoms in total. The van der Waals surface area contributed by atoms with Gasteiger partial charge in [-0.15, -0.1) is 0 Å². The highest BCUT2D eigenvalue weighted by Crippen LogP contribution is 2.12. The van der Waals surface area contributed by atoms with Crippen molar-refractivity contribution in [2.45, 2.75) is 96.8 Å². The number of hydrogen-bond donors (Lipinski definition) is 2. The summed E-state index contributed by atoms with van der Waals surface area (Å²) in [6.07, 6.45) is 23.7. The van der Waals surface area contributed by atoms with Gasteiger partial charge in [0.15, 0.2) is 0 Å². The van der Waals surface area contributed by atoms with Crippen LogP contribution in [0.25, 0.3) is 0 Å². The zero-order valence-electron chi connectivity index (χ0n) is 18.9. The predicted molar refractivity (Wildman–Crippen MR) is 126 cm³/mol. The van der Waals surface area contributed by atoms with Gasteiger partial charge in [0.25, 0.3) is 0 Å². The average Bonchev–Trinajstić information content (AvgIpc) is 2.77. The molecule has 0 heterocycles. The summed E-state index contributed by atoms with van der Waals surface area (Å²) in [5, 5.41) is 15.2. The maximum absolute atomic E-state index is 7.62. The van der Waals surface area contributed by atoms with Crippen molar-refractivity contribution in [3.05, 3.63) is 42.5 Å². The molecule has 0 fully saturated rings. The molecule has 1 rings (SSSR count). The molecule has 0 aromatic heterocycles. The third-order valence-electron chi connectivity index (χ3n) is 4.77. The zero-order valence-corrected chi connectivity index (χ0v) is 18.9. The normalized spacial score (nSPS) is 10.7. The zero-order chi connectivity index (χ0) is 21.3. The van der Waals surface area contributed by atoms with Gasteiger partial charge in [-0.05, 0) is 44.2 Å². The summed E-state index contributed by atoms with van der Waals surface area (Å²) in [7, 11) is 0. The molecule has 0 aliphatic carbocycles. The number of aliphatic hydroxyl groups is 2. The minimum Gasteiger partial charge on any atom is -0.494 e. The Bertz CT molecular complexity index is 429. The predicted octanol–water partition coefficient (Wildman–Crippen LogP) is 7.07. The highest BCUT2D eigenvalue weighted by atomic mass is 16.5. The van der Waals surface area contributed by atoms with Crippen molar-refractivity contribution in [3.8, 4) is 5.75 Å². The van der Waals surface area contributed by atoms with E-state index in [1.165, 1.54) is 89.9 Å². The van der Waals surface area contributed by atoms with E-state index in [0.29, 0.717) is 0 Å². The first kappa shape index (κ1) is 27.7. The third-order valence-corrected chi connectivity index (χ3v) is 4.77. The number of rotatable bonds is 18. The number of benzene rings is 1. The summed E-state index contributed by atoms with van der Waals surface area (Å²) >= 11 is 0. The fourth-order valence-electron chi connectivity index (χ4n) is 3.06. The Kier molecular flexibility index (Phi) is 23.6. The van der Waals surface area contributed by atoms with Crippen LogP contribution in [0.5, 0.6) is 5.75 Å². The monoisotopic (exact) mass is 406 g/mol. The molecule has 0 amide bonds. The molecule has 168 valence electrons. The van der Waals surface area contributed by atoms with Crippen molar-refractivity contribution in [2.24, 2.45) is 0 Å². The quantitative estimate of drug-likeness (QED) is 0.202. The fourth-order valence-corrected chi connectivity index (χ4v) is 3.06. The second kappa shape index (κ2) is 24.7. The molecule has 0 saturated heterocycles. The van der Waals surface area contributed by atoms with Gasteiger partial charge in [0.05, 0.1) is 19.8 Å². The van der Waals surface area contributed by atoms with Crippen LogP contribution in [0.3, 0.4) is 0 Å². The van der Waals surface area contributed by atoms with Crippen LogP contribution in [0.1, 0.15) is 96.8 Å². The summed E-state index contributed by atoms with van der Waals surface area (Å²) in [5.41, 5.74) is 0. The maximum atomic E-state index is 7.62. The lowest BCUT2D eigenvalue weighted by molar-refractivity contribution is 0.186. The smallest absolute Gasteiger partial charge is 0.119 e. The highest BCUT2D eigenvalue weighted by molar-refractivity contribution is 5.20. The second-order valence-corrected chi connectivity index (χ2v) is 7.55. The molecule has 0 aliphatic rings. The molecule has 0 unspecified atom stereocenters. The van der Waals surface area contributed by atoms with Gasteiger partial charge in [-0.1, -0.05) is 95.1 Å². The summed E-state index contributed by atoms with van der Waals surface area (Å²) in [6, 6.07) is 10.1. The lowest BCUT2D eigenvalue weighted by Crippen LogP contribution is -1.96. The van der Waals surface area contributed by atoms with Crippen LogP contribution in [0.2, 0.25) is 0 Å². The van der Waals surface area contributed by atoms with Crippen LogP contribution in [0.15, 0.2) is 42.5 Å². The second-order valence-electron chi connectivity index (χ2n) is 7.55. The first-order valence-electron chi connectivity index (χ1n) is 11.9. The van der Waals surface area contributed by atoms with Crippen LogP contribution < -0.4 is 4.74 Å². The van der Waals surface area contributed by atoms with E-state index in [-0.39, 0.29) is 13.2 Å². The van der Waals surface area contributed by atoms with Crippen LogP contribution in [-0.2, 0) is 0 Å². The molecule has 0 bridgehead atoms. The van der Waals surface area contributed by atoms with E-state index in [1.807, 2.05) is 30.3 Å². The van der Waals surface area contributed by atoms with E-state index in [1.54, 1.807) is 0 Å². The number of unbranched alkanes of at least 4 members (excludes halogenated alkanes) is 12. The molecule has 1 aromatic rings. The third kappa shape index (κ3) is 22.8. The molecule has 0 aliphatic heterocycles. The van der Waals surface area contributed by atoms with Gasteiger partial charge in [-0.25, -0.2) is 0 Å². The number of ether oxygens (including phenoxy) is 1. The molecule has 3 heteroatoms. The summed E-state index contributed by atoms with van der Waals surface area (Å²) < 4.78 is 5.72. The first-order chi connectivity index (χ1) is 14.3. The summed E-state index contributed by atoms with van der Waals surface area (Å²) in [5.74, 6) is 0.996. The Balaban J connectivity index is 0.00000178. The summed E-state index contributed by atoms with van der Waals surface area (Å²) in [4.78, 5) is 0. The van der Waals surface area contributed by atoms with Crippen molar-refractivity contribution < 1.29 is 14.9 Å². The molecule has 29 heavy (non-hydrogen) atoms. The van der Waals surface area contributed by atoms with Crippen molar-refractivity contribution in [3.63, 3.8) is 0 Å². The van der Waals surface area contributed by atoms with E-state index >= 15 is 0 Å². The summed E-state index contributed by atoms with van der Waals surface area (Å²) in [6.45, 7) is 2.88. The van der Waals surface area contributed by atoms with E-state index in [2.05, 4.69) is 19.1 Å². The Morgan fingerprint density at radius 3 is 1.66 bits per heavy atom. The molecule has 0 radical (unpaired) electrons. The van der Waals surface area contributed by atoms with Gasteiger partial charge in [0, 0.05) is 0 Å². The topological polar surface area (TPSA) is 49.7 Å². The van der Waals surface area contributed by atoms with Crippen molar-refractivity contribution in [2.75, 3.05) is 19.8 Å². The minimum absolute atomic E-state index is 0.125. The maximum Gasteiger partial charge on any atom is 0.119 e. The van der Waals surface area contributed by atoms with E-state index < -0.39 is 0 Å². The van der Waals surface area contributed by atoms with Crippen molar-refractivity contribution in [1.29, 1.82) is 0 Å². The number of hydrogen-bond acceptors (Lipinski definition) is 3. The van der Waals surface area contributed by atoms with Gasteiger partial charge in [-0.3, -0.25) is 0 Å². The first-order valence-corrected chi connectivity index (χ1v) is 11.9. The number of para-hydroxylation sites is 1. The van der Waals surface area contributed by atoms with Crippen LogP contribution >= 0.6 is 0 Å². The standard InChI is InChI=1S/C24H40O.C2H6O2/c1-2-3-4-5-6-7-8-9-10-11-12-13-14-15-16-20-23-25-24-21-18-17-19-22-24;3-1-2-4/h9-10,17-19,21-22H,2-8,11-16,20,23H2,1H3;3-4H,1-2H2. The molecular weight excluding hydrogens is 360 g/mol. The fraction of sp³-hybridized carbons (Fsp3) is 0.692. The largest absolute Gasteiger partial charge is 0.494 e. The Labute approximate surface area is 180 Å². The van der Waals surface area contributed by atoms with Crippen LogP contribution in [0, 0.1) is 0 Å². The highest BCUT2D eigenvalue weighted by Gasteiger charge is 1.94. The average molecular weight is 407 g/mol. The Morgan fingerprint density at radius 2 is 1.14 bits per heavy atom. The lowest BCUT2D eigenvalue weighted by atomic mass is 10.1. The molecule has 2 N–H and O–H groups in total. The van der Waals surface area contributed by atoms with Gasteiger partial charge in [0.1, 0.15) is 5.75 Å². The molecule has 1 aromatic carbocycles. The van der Waals surface area contributed by atoms with Crippen molar-refractivity contribution >= 4 is 0 Å². The molecular formula is C26H46O3. The number of allylic oxidation sites excluding steroid dienone is 2. The van der Waals surface area contributed by atoms with E-state index in [9.17, 15) is 0 Å². The van der Waals surface area contributed by atoms with E-state index in [0.717, 1.165) is 12.4 Å². The minimum atomic E-state index is -0.125. The molecule has 0 atom stereocenters. The number of aliphatic hydroxyl groups excluding tert-OH is 2. The molecule has 0 spiro atoms. The Morgan fingerprint density at radius 1 is 0.655 bits per heavy atom. The lowest BCUT2D eigenvalue weighted by Gasteiger charge is -2.05. The van der Waals surface area contributed by atoms with Crippen molar-refractivity contribution in [1.82, 2.24) is 0 Å². The van der Waals surface area contributed by atoms with Gasteiger partial charge < -0.3 is 14.9 Å². The van der Waals surface area contributed by atoms with Crippen LogP contribution in [-0.4, -0.2) is 30.0 Å². The van der Waals surface area contributed by atoms with Crippen LogP contribution in [0.4, 0.5) is 0 Å². The van der Waals surface area contributed by atoms with Gasteiger partial charge in [0.2, 0.25) is 0 Å². The molecule has 0 saturated carbocycles. The van der Waals surface area contributed by atoms with Gasteiger partial charge in [-0.2, -0.15) is 0 Å². The van der Waals surface area contributed by atoms with Gasteiger partial charge >= 0.3 is 0 Å².